The van der Waals surface area contributed by atoms with Crippen molar-refractivity contribution in [3.8, 4) is 0 Å². The van der Waals surface area contributed by atoms with Gasteiger partial charge in [0, 0.05) is 24.8 Å². The number of β-amino-alcohol motifs (C(OH)–C–C–N with tert-alkyl or cyclic N) is 1. The van der Waals surface area contributed by atoms with Crippen LogP contribution >= 0.6 is 0 Å². The number of carbonyl (C=O) groups excluding carboxylic acids is 1. The lowest BCUT2D eigenvalue weighted by Crippen LogP contribution is -2.50. The molecule has 3 rings (SSSR count). The fourth-order valence-corrected chi connectivity index (χ4v) is 3.18. The first kappa shape index (κ1) is 18.3. The van der Waals surface area contributed by atoms with E-state index in [0.717, 1.165) is 5.56 Å². The largest absolute Gasteiger partial charge is 0.382 e. The van der Waals surface area contributed by atoms with Crippen LogP contribution in [-0.4, -0.2) is 48.6 Å². The van der Waals surface area contributed by atoms with E-state index >= 15 is 0 Å². The molecule has 0 aromatic carbocycles. The minimum atomic E-state index is -1.21. The van der Waals surface area contributed by atoms with Crippen molar-refractivity contribution in [1.82, 2.24) is 24.5 Å². The number of piperidine rings is 1. The number of rotatable bonds is 4. The van der Waals surface area contributed by atoms with E-state index in [1.807, 2.05) is 20.8 Å². The predicted octanol–water partition coefficient (Wildman–Crippen LogP) is 0.839. The highest BCUT2D eigenvalue weighted by Crippen LogP contribution is 2.30. The zero-order chi connectivity index (χ0) is 18.9. The lowest BCUT2D eigenvalue weighted by Gasteiger charge is -2.38. The number of amides is 1. The summed E-state index contributed by atoms with van der Waals surface area (Å²) in [6.45, 7) is 6.48. The Morgan fingerprint density at radius 2 is 2.19 bits per heavy atom. The molecule has 140 valence electrons. The Morgan fingerprint density at radius 3 is 2.85 bits per heavy atom. The van der Waals surface area contributed by atoms with Crippen molar-refractivity contribution in [3.05, 3.63) is 46.1 Å². The third-order valence-corrected chi connectivity index (χ3v) is 4.80. The summed E-state index contributed by atoms with van der Waals surface area (Å²) in [5.74, 6) is -0.190. The molecule has 2 aromatic heterocycles. The molecule has 8 nitrogen and oxygen atoms in total. The monoisotopic (exact) mass is 359 g/mol. The Morgan fingerprint density at radius 1 is 1.42 bits per heavy atom. The summed E-state index contributed by atoms with van der Waals surface area (Å²) in [4.78, 5) is 26.2. The number of aliphatic hydroxyl groups is 1. The molecule has 2 aromatic rings. The molecule has 0 aliphatic carbocycles. The molecule has 1 aliphatic rings. The fourth-order valence-electron chi connectivity index (χ4n) is 3.18. The van der Waals surface area contributed by atoms with Gasteiger partial charge in [-0.3, -0.25) is 9.59 Å². The van der Waals surface area contributed by atoms with Crippen LogP contribution < -0.4 is 5.56 Å². The molecule has 0 bridgehead atoms. The third kappa shape index (κ3) is 3.70. The average molecular weight is 359 g/mol. The van der Waals surface area contributed by atoms with Gasteiger partial charge in [0.25, 0.3) is 5.56 Å². The number of hydrogen-bond donors (Lipinski definition) is 1. The van der Waals surface area contributed by atoms with E-state index in [9.17, 15) is 14.7 Å². The summed E-state index contributed by atoms with van der Waals surface area (Å²) < 4.78 is 3.08. The summed E-state index contributed by atoms with van der Waals surface area (Å²) in [6.07, 6.45) is 4.56. The maximum Gasteiger partial charge on any atom is 0.251 e. The predicted molar refractivity (Wildman–Crippen MR) is 95.6 cm³/mol. The van der Waals surface area contributed by atoms with Gasteiger partial charge in [0.2, 0.25) is 5.91 Å². The van der Waals surface area contributed by atoms with Gasteiger partial charge in [-0.15, -0.1) is 5.10 Å². The standard InChI is InChI=1S/C18H25N5O3/c1-13(2)23-10-15(19-20-23)18(26)6-4-7-22(12-18)17(25)11-21-8-5-14(3)9-16(21)24/h5,8-10,13,26H,4,6-7,11-12H2,1-3H3/t18-/m0/s1. The van der Waals surface area contributed by atoms with E-state index in [1.165, 1.54) is 10.6 Å². The smallest absolute Gasteiger partial charge is 0.251 e. The van der Waals surface area contributed by atoms with E-state index < -0.39 is 5.60 Å². The van der Waals surface area contributed by atoms with Crippen molar-refractivity contribution in [2.45, 2.75) is 51.8 Å². The molecule has 1 N–H and O–H groups in total. The van der Waals surface area contributed by atoms with E-state index in [4.69, 9.17) is 0 Å². The minimum Gasteiger partial charge on any atom is -0.382 e. The van der Waals surface area contributed by atoms with E-state index in [0.29, 0.717) is 25.1 Å². The van der Waals surface area contributed by atoms with Crippen LogP contribution in [0.3, 0.4) is 0 Å². The summed E-state index contributed by atoms with van der Waals surface area (Å²) in [7, 11) is 0. The molecule has 0 radical (unpaired) electrons. The Balaban J connectivity index is 1.74. The number of likely N-dealkylation sites (tertiary alicyclic amines) is 1. The number of aryl methyl sites for hydroxylation is 1. The Hall–Kier alpha value is -2.48. The normalized spacial score (nSPS) is 20.6. The van der Waals surface area contributed by atoms with Crippen molar-refractivity contribution in [2.75, 3.05) is 13.1 Å². The van der Waals surface area contributed by atoms with Gasteiger partial charge in [-0.25, -0.2) is 4.68 Å². The molecule has 1 atom stereocenters. The van der Waals surface area contributed by atoms with Gasteiger partial charge in [-0.2, -0.15) is 0 Å². The van der Waals surface area contributed by atoms with Gasteiger partial charge in [-0.05, 0) is 45.2 Å². The number of nitrogens with zero attached hydrogens (tertiary/aromatic N) is 5. The molecule has 0 saturated carbocycles. The third-order valence-electron chi connectivity index (χ3n) is 4.80. The first-order valence-electron chi connectivity index (χ1n) is 8.88. The second-order valence-corrected chi connectivity index (χ2v) is 7.30. The summed E-state index contributed by atoms with van der Waals surface area (Å²) >= 11 is 0. The van der Waals surface area contributed by atoms with Gasteiger partial charge < -0.3 is 14.6 Å². The molecule has 1 amide bonds. The lowest BCUT2D eigenvalue weighted by atomic mass is 9.90. The zero-order valence-electron chi connectivity index (χ0n) is 15.4. The molecule has 3 heterocycles. The van der Waals surface area contributed by atoms with Crippen LogP contribution in [0.15, 0.2) is 29.3 Å². The van der Waals surface area contributed by atoms with Gasteiger partial charge in [0.05, 0.1) is 12.7 Å². The fraction of sp³-hybridized carbons (Fsp3) is 0.556. The molecule has 8 heteroatoms. The first-order chi connectivity index (χ1) is 12.3. The van der Waals surface area contributed by atoms with Crippen molar-refractivity contribution in [2.24, 2.45) is 0 Å². The van der Waals surface area contributed by atoms with Crippen LogP contribution in [0.2, 0.25) is 0 Å². The second-order valence-electron chi connectivity index (χ2n) is 7.30. The molecule has 1 saturated heterocycles. The Kier molecular flexibility index (Phi) is 4.95. The maximum absolute atomic E-state index is 12.7. The van der Waals surface area contributed by atoms with Crippen molar-refractivity contribution in [3.63, 3.8) is 0 Å². The zero-order valence-corrected chi connectivity index (χ0v) is 15.4. The molecular weight excluding hydrogens is 334 g/mol. The minimum absolute atomic E-state index is 0.0339. The summed E-state index contributed by atoms with van der Waals surface area (Å²) in [6, 6.07) is 3.45. The number of aromatic nitrogens is 4. The van der Waals surface area contributed by atoms with Crippen LogP contribution in [0.5, 0.6) is 0 Å². The SMILES string of the molecule is Cc1ccn(CC(=O)N2CCC[C@@](O)(c3cn(C(C)C)nn3)C2)c(=O)c1. The Labute approximate surface area is 152 Å². The highest BCUT2D eigenvalue weighted by Gasteiger charge is 2.39. The van der Waals surface area contributed by atoms with Gasteiger partial charge >= 0.3 is 0 Å². The van der Waals surface area contributed by atoms with Crippen LogP contribution in [0.4, 0.5) is 0 Å². The number of carbonyl (C=O) groups is 1. The van der Waals surface area contributed by atoms with Crippen LogP contribution in [0.1, 0.15) is 44.0 Å². The van der Waals surface area contributed by atoms with E-state index in [2.05, 4.69) is 10.3 Å². The first-order valence-corrected chi connectivity index (χ1v) is 8.88. The summed E-state index contributed by atoms with van der Waals surface area (Å²) in [5, 5.41) is 19.2. The molecule has 26 heavy (non-hydrogen) atoms. The van der Waals surface area contributed by atoms with Crippen LogP contribution in [-0.2, 0) is 16.9 Å². The maximum atomic E-state index is 12.7. The number of hydrogen-bond acceptors (Lipinski definition) is 5. The van der Waals surface area contributed by atoms with E-state index in [-0.39, 0.29) is 30.6 Å². The van der Waals surface area contributed by atoms with Crippen LogP contribution in [0.25, 0.3) is 0 Å². The molecule has 0 spiro atoms. The average Bonchev–Trinajstić information content (AvgIpc) is 3.08. The van der Waals surface area contributed by atoms with Crippen molar-refractivity contribution < 1.29 is 9.90 Å². The lowest BCUT2D eigenvalue weighted by molar-refractivity contribution is -0.139. The highest BCUT2D eigenvalue weighted by molar-refractivity contribution is 5.76. The molecule has 1 aliphatic heterocycles. The highest BCUT2D eigenvalue weighted by atomic mass is 16.3. The molecule has 0 unspecified atom stereocenters. The van der Waals surface area contributed by atoms with Gasteiger partial charge in [0.1, 0.15) is 17.8 Å². The summed E-state index contributed by atoms with van der Waals surface area (Å²) in [5.41, 5.74) is -0.0692. The number of pyridine rings is 1. The molecular formula is C18H25N5O3. The quantitative estimate of drug-likeness (QED) is 0.873. The van der Waals surface area contributed by atoms with Crippen molar-refractivity contribution >= 4 is 5.91 Å². The topological polar surface area (TPSA) is 93.2 Å². The van der Waals surface area contributed by atoms with Crippen LogP contribution in [0, 0.1) is 6.92 Å². The van der Waals surface area contributed by atoms with E-state index in [1.54, 1.807) is 28.0 Å². The Bertz CT molecular complexity index is 857. The van der Waals surface area contributed by atoms with Crippen molar-refractivity contribution in [1.29, 1.82) is 0 Å². The van der Waals surface area contributed by atoms with Gasteiger partial charge in [0.15, 0.2) is 0 Å². The van der Waals surface area contributed by atoms with Gasteiger partial charge in [-0.1, -0.05) is 5.21 Å². The second kappa shape index (κ2) is 7.03. The molecule has 1 fully saturated rings.